The fraction of sp³-hybridized carbons (Fsp3) is 0.471. The summed E-state index contributed by atoms with van der Waals surface area (Å²) in [6.07, 6.45) is 2.65. The summed E-state index contributed by atoms with van der Waals surface area (Å²) in [6.45, 7) is 5.11. The molecule has 1 aromatic heterocycles. The fourth-order valence-electron chi connectivity index (χ4n) is 3.08. The fourth-order valence-corrected chi connectivity index (χ4v) is 3.08. The molecule has 0 saturated carbocycles. The lowest BCUT2D eigenvalue weighted by molar-refractivity contribution is 0.335. The van der Waals surface area contributed by atoms with Crippen molar-refractivity contribution in [3.63, 3.8) is 0 Å². The number of hydrogen-bond acceptors (Lipinski definition) is 3. The molecule has 1 aromatic carbocycles. The molecule has 0 atom stereocenters. The molecule has 0 spiro atoms. The molecule has 2 aromatic rings. The highest BCUT2D eigenvalue weighted by atomic mass is 16.1. The number of aromatic nitrogens is 1. The summed E-state index contributed by atoms with van der Waals surface area (Å²) in [4.78, 5) is 14.8. The van der Waals surface area contributed by atoms with Gasteiger partial charge in [-0.2, -0.15) is 0 Å². The number of rotatable bonds is 5. The summed E-state index contributed by atoms with van der Waals surface area (Å²) < 4.78 is 1.74. The standard InChI is InChI=1S/C17H23N3O/c1-19-16-7-3-2-6-14(16)12-15(17(19)21)13-18-8-11-20-9-4-5-10-20/h2-3,6-7,12,18H,4-5,8-11,13H2,1H3. The zero-order valence-corrected chi connectivity index (χ0v) is 12.6. The third-order valence-corrected chi connectivity index (χ3v) is 4.33. The molecule has 1 N–H and O–H groups in total. The van der Waals surface area contributed by atoms with Crippen molar-refractivity contribution in [2.75, 3.05) is 26.2 Å². The van der Waals surface area contributed by atoms with Crippen molar-refractivity contribution in [2.24, 2.45) is 7.05 Å². The van der Waals surface area contributed by atoms with Crippen LogP contribution in [0.2, 0.25) is 0 Å². The Morgan fingerprint density at radius 2 is 1.95 bits per heavy atom. The van der Waals surface area contributed by atoms with Crippen LogP contribution in [0.4, 0.5) is 0 Å². The smallest absolute Gasteiger partial charge is 0.255 e. The van der Waals surface area contributed by atoms with Gasteiger partial charge < -0.3 is 14.8 Å². The van der Waals surface area contributed by atoms with Gasteiger partial charge in [-0.25, -0.2) is 0 Å². The molecule has 1 fully saturated rings. The molecule has 2 heterocycles. The zero-order valence-electron chi connectivity index (χ0n) is 12.6. The Hall–Kier alpha value is -1.65. The van der Waals surface area contributed by atoms with E-state index in [1.54, 1.807) is 4.57 Å². The average Bonchev–Trinajstić information content (AvgIpc) is 3.02. The SMILES string of the molecule is Cn1c(=O)c(CNCCN2CCCC2)cc2ccccc21. The maximum Gasteiger partial charge on any atom is 0.255 e. The van der Waals surface area contributed by atoms with Gasteiger partial charge in [-0.15, -0.1) is 0 Å². The van der Waals surface area contributed by atoms with E-state index in [0.717, 1.165) is 29.6 Å². The number of nitrogens with zero attached hydrogens (tertiary/aromatic N) is 2. The number of aryl methyl sites for hydroxylation is 1. The summed E-state index contributed by atoms with van der Waals surface area (Å²) in [5, 5.41) is 4.53. The van der Waals surface area contributed by atoms with Gasteiger partial charge in [0.1, 0.15) is 0 Å². The molecular formula is C17H23N3O. The largest absolute Gasteiger partial charge is 0.311 e. The Morgan fingerprint density at radius 1 is 1.19 bits per heavy atom. The van der Waals surface area contributed by atoms with Gasteiger partial charge in [-0.1, -0.05) is 18.2 Å². The van der Waals surface area contributed by atoms with E-state index in [0.29, 0.717) is 6.54 Å². The van der Waals surface area contributed by atoms with Gasteiger partial charge in [0.2, 0.25) is 0 Å². The van der Waals surface area contributed by atoms with Gasteiger partial charge in [0.05, 0.1) is 5.52 Å². The topological polar surface area (TPSA) is 37.3 Å². The number of pyridine rings is 1. The second-order valence-electron chi connectivity index (χ2n) is 5.82. The van der Waals surface area contributed by atoms with Crippen LogP contribution in [-0.4, -0.2) is 35.6 Å². The average molecular weight is 285 g/mol. The van der Waals surface area contributed by atoms with Crippen LogP contribution in [0.25, 0.3) is 10.9 Å². The molecule has 1 saturated heterocycles. The normalized spacial score (nSPS) is 15.9. The van der Waals surface area contributed by atoms with Crippen LogP contribution in [0.5, 0.6) is 0 Å². The van der Waals surface area contributed by atoms with Gasteiger partial charge in [0.25, 0.3) is 5.56 Å². The Bertz CT molecular complexity index is 671. The Kier molecular flexibility index (Phi) is 4.36. The van der Waals surface area contributed by atoms with Crippen molar-refractivity contribution in [2.45, 2.75) is 19.4 Å². The molecule has 4 nitrogen and oxygen atoms in total. The first-order valence-corrected chi connectivity index (χ1v) is 7.76. The lowest BCUT2D eigenvalue weighted by Crippen LogP contribution is -2.32. The maximum absolute atomic E-state index is 12.3. The highest BCUT2D eigenvalue weighted by Crippen LogP contribution is 2.12. The van der Waals surface area contributed by atoms with Crippen LogP contribution in [0.15, 0.2) is 35.1 Å². The molecule has 0 bridgehead atoms. The molecule has 1 aliphatic rings. The molecule has 1 aliphatic heterocycles. The number of para-hydroxylation sites is 1. The van der Waals surface area contributed by atoms with Crippen LogP contribution in [0, 0.1) is 0 Å². The van der Waals surface area contributed by atoms with E-state index < -0.39 is 0 Å². The minimum Gasteiger partial charge on any atom is -0.311 e. The summed E-state index contributed by atoms with van der Waals surface area (Å²) in [5.74, 6) is 0. The molecule has 3 rings (SSSR count). The minimum absolute atomic E-state index is 0.0994. The number of likely N-dealkylation sites (tertiary alicyclic amines) is 1. The lowest BCUT2D eigenvalue weighted by atomic mass is 10.1. The van der Waals surface area contributed by atoms with Crippen molar-refractivity contribution in [3.8, 4) is 0 Å². The van der Waals surface area contributed by atoms with E-state index in [1.165, 1.54) is 25.9 Å². The molecule has 0 unspecified atom stereocenters. The first-order chi connectivity index (χ1) is 10.3. The number of benzene rings is 1. The van der Waals surface area contributed by atoms with Crippen LogP contribution < -0.4 is 10.9 Å². The van der Waals surface area contributed by atoms with Crippen LogP contribution in [0.3, 0.4) is 0 Å². The lowest BCUT2D eigenvalue weighted by Gasteiger charge is -2.15. The Morgan fingerprint density at radius 3 is 2.76 bits per heavy atom. The summed E-state index contributed by atoms with van der Waals surface area (Å²) in [5.41, 5.74) is 1.93. The third-order valence-electron chi connectivity index (χ3n) is 4.33. The quantitative estimate of drug-likeness (QED) is 0.850. The second-order valence-corrected chi connectivity index (χ2v) is 5.82. The summed E-state index contributed by atoms with van der Waals surface area (Å²) in [6, 6.07) is 10.0. The highest BCUT2D eigenvalue weighted by molar-refractivity contribution is 5.79. The van der Waals surface area contributed by atoms with Crippen molar-refractivity contribution in [3.05, 3.63) is 46.2 Å². The highest BCUT2D eigenvalue weighted by Gasteiger charge is 2.10. The zero-order chi connectivity index (χ0) is 14.7. The monoisotopic (exact) mass is 285 g/mol. The maximum atomic E-state index is 12.3. The van der Waals surface area contributed by atoms with Crippen molar-refractivity contribution in [1.82, 2.24) is 14.8 Å². The molecule has 21 heavy (non-hydrogen) atoms. The number of fused-ring (bicyclic) bond motifs is 1. The van der Waals surface area contributed by atoms with E-state index in [9.17, 15) is 4.79 Å². The van der Waals surface area contributed by atoms with Crippen LogP contribution in [0.1, 0.15) is 18.4 Å². The Balaban J connectivity index is 1.66. The van der Waals surface area contributed by atoms with Crippen LogP contribution >= 0.6 is 0 Å². The molecular weight excluding hydrogens is 262 g/mol. The third kappa shape index (κ3) is 3.17. The van der Waals surface area contributed by atoms with E-state index in [4.69, 9.17) is 0 Å². The van der Waals surface area contributed by atoms with Crippen molar-refractivity contribution < 1.29 is 0 Å². The van der Waals surface area contributed by atoms with Crippen molar-refractivity contribution in [1.29, 1.82) is 0 Å². The summed E-state index contributed by atoms with van der Waals surface area (Å²) in [7, 11) is 1.85. The van der Waals surface area contributed by atoms with Gasteiger partial charge >= 0.3 is 0 Å². The van der Waals surface area contributed by atoms with Crippen LogP contribution in [-0.2, 0) is 13.6 Å². The molecule has 112 valence electrons. The second kappa shape index (κ2) is 6.41. The number of nitrogens with one attached hydrogen (secondary N) is 1. The molecule has 0 radical (unpaired) electrons. The Labute approximate surface area is 125 Å². The van der Waals surface area contributed by atoms with E-state index >= 15 is 0 Å². The molecule has 0 aliphatic carbocycles. The van der Waals surface area contributed by atoms with E-state index in [2.05, 4.69) is 16.3 Å². The van der Waals surface area contributed by atoms with Gasteiger partial charge in [-0.3, -0.25) is 4.79 Å². The predicted molar refractivity (Wildman–Crippen MR) is 86.6 cm³/mol. The molecule has 0 amide bonds. The van der Waals surface area contributed by atoms with Gasteiger partial charge in [0, 0.05) is 32.2 Å². The number of hydrogen-bond donors (Lipinski definition) is 1. The van der Waals surface area contributed by atoms with Gasteiger partial charge in [0.15, 0.2) is 0 Å². The first-order valence-electron chi connectivity index (χ1n) is 7.76. The van der Waals surface area contributed by atoms with Crippen molar-refractivity contribution >= 4 is 10.9 Å². The minimum atomic E-state index is 0.0994. The van der Waals surface area contributed by atoms with Gasteiger partial charge in [-0.05, 0) is 43.5 Å². The summed E-state index contributed by atoms with van der Waals surface area (Å²) >= 11 is 0. The van der Waals surface area contributed by atoms with E-state index in [1.807, 2.05) is 31.3 Å². The predicted octanol–water partition coefficient (Wildman–Crippen LogP) is 1.72. The molecule has 4 heteroatoms. The van der Waals surface area contributed by atoms with E-state index in [-0.39, 0.29) is 5.56 Å². The first kappa shape index (κ1) is 14.3.